The highest BCUT2D eigenvalue weighted by molar-refractivity contribution is 7.09. The lowest BCUT2D eigenvalue weighted by atomic mass is 10.00. The minimum absolute atomic E-state index is 0.0751. The van der Waals surface area contributed by atoms with Crippen LogP contribution in [0.4, 0.5) is 0 Å². The summed E-state index contributed by atoms with van der Waals surface area (Å²) in [6.07, 6.45) is -0.933. The highest BCUT2D eigenvalue weighted by atomic mass is 32.1. The van der Waals surface area contributed by atoms with Gasteiger partial charge in [-0.1, -0.05) is 13.8 Å². The van der Waals surface area contributed by atoms with Gasteiger partial charge in [0, 0.05) is 17.5 Å². The van der Waals surface area contributed by atoms with E-state index in [1.807, 2.05) is 26.2 Å². The lowest BCUT2D eigenvalue weighted by molar-refractivity contribution is -0.00734. The third kappa shape index (κ3) is 3.04. The van der Waals surface area contributed by atoms with Crippen molar-refractivity contribution in [3.8, 4) is 0 Å². The third-order valence-corrected chi connectivity index (χ3v) is 3.12. The van der Waals surface area contributed by atoms with Crippen molar-refractivity contribution in [1.82, 2.24) is 4.98 Å². The van der Waals surface area contributed by atoms with E-state index in [0.717, 1.165) is 10.7 Å². The second kappa shape index (κ2) is 4.87. The summed E-state index contributed by atoms with van der Waals surface area (Å²) in [4.78, 5) is 4.24. The first-order valence-electron chi connectivity index (χ1n) is 4.78. The second-order valence-electron chi connectivity index (χ2n) is 3.89. The molecule has 0 aliphatic carbocycles. The molecule has 0 amide bonds. The van der Waals surface area contributed by atoms with E-state index in [9.17, 15) is 10.2 Å². The molecule has 80 valence electrons. The van der Waals surface area contributed by atoms with Crippen molar-refractivity contribution < 1.29 is 10.2 Å². The Bertz CT molecular complexity index is 285. The maximum atomic E-state index is 9.67. The van der Waals surface area contributed by atoms with Crippen molar-refractivity contribution in [3.63, 3.8) is 0 Å². The summed E-state index contributed by atoms with van der Waals surface area (Å²) in [5.41, 5.74) is 0.969. The SMILES string of the molecule is Cc1csc(CC(O)C(O)C(C)C)n1. The van der Waals surface area contributed by atoms with Crippen LogP contribution in [0, 0.1) is 12.8 Å². The van der Waals surface area contributed by atoms with Crippen LogP contribution in [0.25, 0.3) is 0 Å². The minimum atomic E-state index is -0.708. The summed E-state index contributed by atoms with van der Waals surface area (Å²) < 4.78 is 0. The fourth-order valence-electron chi connectivity index (χ4n) is 1.24. The largest absolute Gasteiger partial charge is 0.390 e. The lowest BCUT2D eigenvalue weighted by Crippen LogP contribution is -2.32. The van der Waals surface area contributed by atoms with Crippen molar-refractivity contribution in [3.05, 3.63) is 16.1 Å². The van der Waals surface area contributed by atoms with Crippen LogP contribution in [0.5, 0.6) is 0 Å². The van der Waals surface area contributed by atoms with Crippen LogP contribution in [0.1, 0.15) is 24.5 Å². The van der Waals surface area contributed by atoms with Crippen LogP contribution in [0.2, 0.25) is 0 Å². The van der Waals surface area contributed by atoms with E-state index in [1.165, 1.54) is 11.3 Å². The van der Waals surface area contributed by atoms with Gasteiger partial charge in [0.15, 0.2) is 0 Å². The number of thiazole rings is 1. The molecule has 14 heavy (non-hydrogen) atoms. The van der Waals surface area contributed by atoms with Gasteiger partial charge >= 0.3 is 0 Å². The number of nitrogens with zero attached hydrogens (tertiary/aromatic N) is 1. The Morgan fingerprint density at radius 2 is 2.07 bits per heavy atom. The molecule has 0 aromatic carbocycles. The fraction of sp³-hybridized carbons (Fsp3) is 0.700. The van der Waals surface area contributed by atoms with E-state index in [1.54, 1.807) is 0 Å². The van der Waals surface area contributed by atoms with Crippen molar-refractivity contribution in [2.45, 2.75) is 39.4 Å². The Balaban J connectivity index is 2.52. The lowest BCUT2D eigenvalue weighted by Gasteiger charge is -2.19. The zero-order valence-corrected chi connectivity index (χ0v) is 9.58. The summed E-state index contributed by atoms with van der Waals surface area (Å²) in [6.45, 7) is 5.70. The maximum Gasteiger partial charge on any atom is 0.0954 e. The van der Waals surface area contributed by atoms with Crippen LogP contribution >= 0.6 is 11.3 Å². The Hall–Kier alpha value is -0.450. The average molecular weight is 215 g/mol. The van der Waals surface area contributed by atoms with Gasteiger partial charge in [-0.05, 0) is 12.8 Å². The quantitative estimate of drug-likeness (QED) is 0.797. The van der Waals surface area contributed by atoms with Gasteiger partial charge in [0.2, 0.25) is 0 Å². The number of hydrogen-bond acceptors (Lipinski definition) is 4. The zero-order valence-electron chi connectivity index (χ0n) is 8.77. The first-order valence-corrected chi connectivity index (χ1v) is 5.65. The van der Waals surface area contributed by atoms with Gasteiger partial charge < -0.3 is 10.2 Å². The zero-order chi connectivity index (χ0) is 10.7. The molecule has 0 aliphatic rings. The third-order valence-electron chi connectivity index (χ3n) is 2.13. The molecule has 0 radical (unpaired) electrons. The Labute approximate surface area is 88.4 Å². The predicted octanol–water partition coefficient (Wildman–Crippen LogP) is 1.37. The smallest absolute Gasteiger partial charge is 0.0954 e. The van der Waals surface area contributed by atoms with Gasteiger partial charge in [-0.25, -0.2) is 4.98 Å². The number of aryl methyl sites for hydroxylation is 1. The topological polar surface area (TPSA) is 53.4 Å². The van der Waals surface area contributed by atoms with E-state index in [4.69, 9.17) is 0 Å². The number of aliphatic hydroxyl groups is 2. The van der Waals surface area contributed by atoms with Gasteiger partial charge in [-0.2, -0.15) is 0 Å². The standard InChI is InChI=1S/C10H17NO2S/c1-6(2)10(13)8(12)4-9-11-7(3)5-14-9/h5-6,8,10,12-13H,4H2,1-3H3. The number of rotatable bonds is 4. The monoisotopic (exact) mass is 215 g/mol. The summed E-state index contributed by atoms with van der Waals surface area (Å²) in [6, 6.07) is 0. The van der Waals surface area contributed by atoms with Gasteiger partial charge in [0.05, 0.1) is 17.2 Å². The molecular formula is C10H17NO2S. The van der Waals surface area contributed by atoms with E-state index < -0.39 is 12.2 Å². The van der Waals surface area contributed by atoms with Crippen LogP contribution in [-0.2, 0) is 6.42 Å². The predicted molar refractivity (Wildman–Crippen MR) is 57.4 cm³/mol. The molecule has 3 nitrogen and oxygen atoms in total. The average Bonchev–Trinajstić information content (AvgIpc) is 2.49. The highest BCUT2D eigenvalue weighted by Crippen LogP contribution is 2.15. The molecule has 0 bridgehead atoms. The maximum absolute atomic E-state index is 9.67. The molecule has 1 aromatic rings. The molecule has 2 unspecified atom stereocenters. The highest BCUT2D eigenvalue weighted by Gasteiger charge is 2.20. The summed E-state index contributed by atoms with van der Waals surface area (Å²) >= 11 is 1.52. The first kappa shape index (κ1) is 11.6. The summed E-state index contributed by atoms with van der Waals surface area (Å²) in [5, 5.41) is 22.1. The van der Waals surface area contributed by atoms with Gasteiger partial charge in [-0.15, -0.1) is 11.3 Å². The summed E-state index contributed by atoms with van der Waals surface area (Å²) in [5.74, 6) is 0.0751. The van der Waals surface area contributed by atoms with Gasteiger partial charge in [-0.3, -0.25) is 0 Å². The minimum Gasteiger partial charge on any atom is -0.390 e. The molecule has 4 heteroatoms. The molecule has 1 rings (SSSR count). The molecule has 0 saturated carbocycles. The molecule has 0 saturated heterocycles. The Morgan fingerprint density at radius 3 is 2.50 bits per heavy atom. The van der Waals surface area contributed by atoms with E-state index >= 15 is 0 Å². The Morgan fingerprint density at radius 1 is 1.43 bits per heavy atom. The Kier molecular flexibility index (Phi) is 4.04. The van der Waals surface area contributed by atoms with Crippen LogP contribution in [0.3, 0.4) is 0 Å². The molecular weight excluding hydrogens is 198 g/mol. The molecule has 0 spiro atoms. The van der Waals surface area contributed by atoms with E-state index in [-0.39, 0.29) is 5.92 Å². The van der Waals surface area contributed by atoms with Crippen LogP contribution < -0.4 is 0 Å². The van der Waals surface area contributed by atoms with Gasteiger partial charge in [0.1, 0.15) is 0 Å². The molecule has 1 aromatic heterocycles. The van der Waals surface area contributed by atoms with Crippen molar-refractivity contribution in [1.29, 1.82) is 0 Å². The number of aromatic nitrogens is 1. The van der Waals surface area contributed by atoms with E-state index in [0.29, 0.717) is 6.42 Å². The van der Waals surface area contributed by atoms with Crippen LogP contribution in [0.15, 0.2) is 5.38 Å². The summed E-state index contributed by atoms with van der Waals surface area (Å²) in [7, 11) is 0. The first-order chi connectivity index (χ1) is 6.50. The second-order valence-corrected chi connectivity index (χ2v) is 4.83. The normalized spacial score (nSPS) is 15.9. The number of hydrogen-bond donors (Lipinski definition) is 2. The van der Waals surface area contributed by atoms with Crippen molar-refractivity contribution in [2.24, 2.45) is 5.92 Å². The molecule has 0 fully saturated rings. The fourth-order valence-corrected chi connectivity index (χ4v) is 2.06. The molecule has 2 atom stereocenters. The van der Waals surface area contributed by atoms with Crippen LogP contribution in [-0.4, -0.2) is 27.4 Å². The van der Waals surface area contributed by atoms with E-state index in [2.05, 4.69) is 4.98 Å². The molecule has 1 heterocycles. The molecule has 2 N–H and O–H groups in total. The number of aliphatic hydroxyl groups excluding tert-OH is 2. The van der Waals surface area contributed by atoms with Crippen molar-refractivity contribution >= 4 is 11.3 Å². The van der Waals surface area contributed by atoms with Gasteiger partial charge in [0.25, 0.3) is 0 Å². The molecule has 0 aliphatic heterocycles. The van der Waals surface area contributed by atoms with Crippen molar-refractivity contribution in [2.75, 3.05) is 0 Å².